The molecule has 9 nitrogen and oxygen atoms in total. The number of ether oxygens (including phenoxy) is 1. The largest absolute Gasteiger partial charge is 0.472 e. The van der Waals surface area contributed by atoms with E-state index in [0.29, 0.717) is 23.3 Å². The summed E-state index contributed by atoms with van der Waals surface area (Å²) in [5.74, 6) is 2.41. The number of anilines is 4. The average molecular weight is 450 g/mol. The van der Waals surface area contributed by atoms with Gasteiger partial charge in [-0.3, -0.25) is 9.69 Å². The summed E-state index contributed by atoms with van der Waals surface area (Å²) < 4.78 is 6.30. The smallest absolute Gasteiger partial charge is 0.272 e. The zero-order valence-corrected chi connectivity index (χ0v) is 18.9. The number of carbonyl (C=O) groups is 1. The van der Waals surface area contributed by atoms with Gasteiger partial charge in [0.2, 0.25) is 5.95 Å². The normalized spacial score (nSPS) is 22.5. The zero-order valence-electron chi connectivity index (χ0n) is 18.9. The first-order valence-electron chi connectivity index (χ1n) is 12.3. The van der Waals surface area contributed by atoms with Crippen molar-refractivity contribution < 1.29 is 9.53 Å². The highest BCUT2D eigenvalue weighted by Crippen LogP contribution is 2.46. The highest BCUT2D eigenvalue weighted by molar-refractivity contribution is 6.02. The van der Waals surface area contributed by atoms with E-state index < -0.39 is 5.60 Å². The van der Waals surface area contributed by atoms with Gasteiger partial charge in [-0.1, -0.05) is 12.8 Å². The van der Waals surface area contributed by atoms with Crippen molar-refractivity contribution in [3.05, 3.63) is 24.5 Å². The highest BCUT2D eigenvalue weighted by Gasteiger charge is 2.52. The minimum absolute atomic E-state index is 0.0857. The van der Waals surface area contributed by atoms with E-state index in [4.69, 9.17) is 9.72 Å². The van der Waals surface area contributed by atoms with E-state index in [9.17, 15) is 4.79 Å². The molecular formula is C24H31N7O2. The van der Waals surface area contributed by atoms with Crippen molar-refractivity contribution in [3.63, 3.8) is 0 Å². The summed E-state index contributed by atoms with van der Waals surface area (Å²) in [5.41, 5.74) is 0.386. The predicted octanol–water partition coefficient (Wildman–Crippen LogP) is 3.01. The van der Waals surface area contributed by atoms with Gasteiger partial charge < -0.3 is 20.3 Å². The van der Waals surface area contributed by atoms with Crippen molar-refractivity contribution in [2.75, 3.05) is 41.3 Å². The summed E-state index contributed by atoms with van der Waals surface area (Å²) in [6, 6.07) is 4.21. The molecule has 9 heteroatoms. The molecule has 1 saturated heterocycles. The molecule has 2 aliphatic heterocycles. The molecule has 0 bridgehead atoms. The maximum Gasteiger partial charge on any atom is 0.272 e. The van der Waals surface area contributed by atoms with Crippen LogP contribution in [0.15, 0.2) is 24.5 Å². The fourth-order valence-corrected chi connectivity index (χ4v) is 5.68. The Morgan fingerprint density at radius 3 is 2.55 bits per heavy atom. The van der Waals surface area contributed by atoms with Gasteiger partial charge in [0.15, 0.2) is 17.2 Å². The molecule has 2 aromatic rings. The van der Waals surface area contributed by atoms with Gasteiger partial charge in [-0.05, 0) is 50.7 Å². The third-order valence-corrected chi connectivity index (χ3v) is 7.45. The van der Waals surface area contributed by atoms with Crippen LogP contribution in [0.2, 0.25) is 0 Å². The lowest BCUT2D eigenvalue weighted by atomic mass is 9.96. The van der Waals surface area contributed by atoms with Gasteiger partial charge in [0, 0.05) is 32.2 Å². The van der Waals surface area contributed by atoms with Crippen LogP contribution in [-0.2, 0) is 4.79 Å². The maximum atomic E-state index is 13.7. The van der Waals surface area contributed by atoms with Gasteiger partial charge in [0.25, 0.3) is 5.91 Å². The lowest BCUT2D eigenvalue weighted by molar-refractivity contribution is -0.135. The van der Waals surface area contributed by atoms with Gasteiger partial charge in [0.05, 0.1) is 18.1 Å². The Kier molecular flexibility index (Phi) is 5.28. The van der Waals surface area contributed by atoms with Gasteiger partial charge in [-0.15, -0.1) is 0 Å². The van der Waals surface area contributed by atoms with Gasteiger partial charge >= 0.3 is 0 Å². The summed E-state index contributed by atoms with van der Waals surface area (Å²) >= 11 is 0. The first-order chi connectivity index (χ1) is 16.2. The van der Waals surface area contributed by atoms with Crippen LogP contribution in [0.4, 0.5) is 23.3 Å². The number of pyridine rings is 1. The zero-order chi connectivity index (χ0) is 22.3. The molecule has 4 heterocycles. The molecule has 2 aromatic heterocycles. The fourth-order valence-electron chi connectivity index (χ4n) is 5.68. The monoisotopic (exact) mass is 449 g/mol. The molecule has 2 N–H and O–H groups in total. The fraction of sp³-hybridized carbons (Fsp3) is 0.583. The second kappa shape index (κ2) is 8.44. The molecule has 4 aliphatic rings. The van der Waals surface area contributed by atoms with E-state index in [1.807, 2.05) is 17.2 Å². The van der Waals surface area contributed by atoms with Gasteiger partial charge in [-0.2, -0.15) is 4.98 Å². The highest BCUT2D eigenvalue weighted by atomic mass is 16.5. The summed E-state index contributed by atoms with van der Waals surface area (Å²) in [6.07, 6.45) is 11.5. The molecule has 6 rings (SSSR count). The third-order valence-electron chi connectivity index (χ3n) is 7.45. The maximum absolute atomic E-state index is 13.7. The molecular weight excluding hydrogens is 418 g/mol. The Labute approximate surface area is 193 Å². The van der Waals surface area contributed by atoms with E-state index in [0.717, 1.165) is 83.2 Å². The van der Waals surface area contributed by atoms with Gasteiger partial charge in [-0.25, -0.2) is 9.97 Å². The Bertz CT molecular complexity index is 1010. The Morgan fingerprint density at radius 1 is 1.03 bits per heavy atom. The number of hydrogen-bond acceptors (Lipinski definition) is 8. The summed E-state index contributed by atoms with van der Waals surface area (Å²) in [4.78, 5) is 31.7. The van der Waals surface area contributed by atoms with E-state index in [-0.39, 0.29) is 11.9 Å². The summed E-state index contributed by atoms with van der Waals surface area (Å²) in [5, 5.41) is 6.58. The topological polar surface area (TPSA) is 95.5 Å². The molecule has 174 valence electrons. The molecule has 0 unspecified atom stereocenters. The van der Waals surface area contributed by atoms with Crippen molar-refractivity contribution in [2.24, 2.45) is 0 Å². The van der Waals surface area contributed by atoms with Crippen molar-refractivity contribution >= 4 is 29.2 Å². The molecule has 1 amide bonds. The van der Waals surface area contributed by atoms with Crippen LogP contribution in [0.5, 0.6) is 5.75 Å². The van der Waals surface area contributed by atoms with Crippen molar-refractivity contribution in [3.8, 4) is 5.75 Å². The minimum atomic E-state index is -0.727. The minimum Gasteiger partial charge on any atom is -0.472 e. The van der Waals surface area contributed by atoms with Crippen molar-refractivity contribution in [2.45, 2.75) is 63.0 Å². The van der Waals surface area contributed by atoms with E-state index in [1.165, 1.54) is 0 Å². The molecule has 0 radical (unpaired) electrons. The molecule has 2 aliphatic carbocycles. The standard InChI is InChI=1S/C24H31N7O2/c32-22-24(9-3-4-10-24)33-19-16-27-23(29-21(19)31(22)17-5-1-2-6-17)28-20-8-7-18(15-26-20)30-13-11-25-12-14-30/h7-8,15-17,25H,1-6,9-14H2,(H,26,27,28,29). The second-order valence-corrected chi connectivity index (χ2v) is 9.56. The Hall–Kier alpha value is -2.94. The van der Waals surface area contributed by atoms with Crippen LogP contribution in [0.25, 0.3) is 0 Å². The third kappa shape index (κ3) is 3.78. The number of nitrogens with zero attached hydrogens (tertiary/aromatic N) is 5. The molecule has 2 saturated carbocycles. The first kappa shape index (κ1) is 20.7. The summed E-state index contributed by atoms with van der Waals surface area (Å²) in [7, 11) is 0. The molecule has 0 atom stereocenters. The number of hydrogen-bond donors (Lipinski definition) is 2. The number of amides is 1. The second-order valence-electron chi connectivity index (χ2n) is 9.56. The van der Waals surface area contributed by atoms with E-state index >= 15 is 0 Å². The average Bonchev–Trinajstić information content (AvgIpc) is 3.55. The molecule has 3 fully saturated rings. The quantitative estimate of drug-likeness (QED) is 0.736. The number of fused-ring (bicyclic) bond motifs is 1. The van der Waals surface area contributed by atoms with Crippen LogP contribution in [0.1, 0.15) is 51.4 Å². The summed E-state index contributed by atoms with van der Waals surface area (Å²) in [6.45, 7) is 3.94. The predicted molar refractivity (Wildman–Crippen MR) is 126 cm³/mol. The SMILES string of the molecule is O=C1N(C2CCCC2)c2nc(Nc3ccc(N4CCNCC4)cn3)ncc2OC12CCCC2. The number of nitrogens with one attached hydrogen (secondary N) is 2. The van der Waals surface area contributed by atoms with Crippen LogP contribution in [-0.4, -0.2) is 58.7 Å². The van der Waals surface area contributed by atoms with Crippen molar-refractivity contribution in [1.82, 2.24) is 20.3 Å². The van der Waals surface area contributed by atoms with Gasteiger partial charge in [0.1, 0.15) is 5.82 Å². The molecule has 0 aromatic carbocycles. The van der Waals surface area contributed by atoms with Crippen LogP contribution < -0.4 is 25.2 Å². The Balaban J connectivity index is 1.26. The lowest BCUT2D eigenvalue weighted by Gasteiger charge is -2.42. The first-order valence-corrected chi connectivity index (χ1v) is 12.3. The van der Waals surface area contributed by atoms with Crippen LogP contribution in [0.3, 0.4) is 0 Å². The van der Waals surface area contributed by atoms with Crippen molar-refractivity contribution in [1.29, 1.82) is 0 Å². The molecule has 33 heavy (non-hydrogen) atoms. The Morgan fingerprint density at radius 2 is 1.82 bits per heavy atom. The lowest BCUT2D eigenvalue weighted by Crippen LogP contribution is -2.57. The van der Waals surface area contributed by atoms with E-state index in [1.54, 1.807) is 6.20 Å². The number of rotatable bonds is 4. The molecule has 1 spiro atoms. The number of carbonyl (C=O) groups excluding carboxylic acids is 1. The van der Waals surface area contributed by atoms with E-state index in [2.05, 4.69) is 31.6 Å². The number of aromatic nitrogens is 3. The number of piperazine rings is 1. The van der Waals surface area contributed by atoms with Crippen LogP contribution in [0, 0.1) is 0 Å². The van der Waals surface area contributed by atoms with Crippen LogP contribution >= 0.6 is 0 Å².